The fraction of sp³-hybridized carbons (Fsp3) is 0.296. The predicted octanol–water partition coefficient (Wildman–Crippen LogP) is 4.74. The number of amides is 1. The van der Waals surface area contributed by atoms with E-state index >= 15 is 0 Å². The summed E-state index contributed by atoms with van der Waals surface area (Å²) in [5.74, 6) is -0.944. The van der Waals surface area contributed by atoms with Gasteiger partial charge in [0.1, 0.15) is 6.04 Å². The summed E-state index contributed by atoms with van der Waals surface area (Å²) >= 11 is 0. The smallest absolute Gasteiger partial charge is 0.239 e. The maximum Gasteiger partial charge on any atom is 0.239 e. The number of carbonyl (C=O) groups excluding carboxylic acids is 1. The Morgan fingerprint density at radius 2 is 1.74 bits per heavy atom. The van der Waals surface area contributed by atoms with Gasteiger partial charge in [-0.05, 0) is 65.8 Å². The van der Waals surface area contributed by atoms with Gasteiger partial charge in [-0.15, -0.1) is 0 Å². The number of fused-ring (bicyclic) bond motifs is 1. The van der Waals surface area contributed by atoms with Crippen molar-refractivity contribution in [1.82, 2.24) is 4.90 Å². The van der Waals surface area contributed by atoms with Gasteiger partial charge in [-0.3, -0.25) is 9.69 Å². The first kappa shape index (κ1) is 23.7. The zero-order valence-electron chi connectivity index (χ0n) is 19.3. The molecule has 0 unspecified atom stereocenters. The number of hydrogen-bond donors (Lipinski definition) is 1. The van der Waals surface area contributed by atoms with Crippen molar-refractivity contribution in [3.8, 4) is 11.5 Å². The minimum absolute atomic E-state index is 0.200. The third-order valence-corrected chi connectivity index (χ3v) is 6.45. The number of carbonyl (C=O) groups is 1. The maximum atomic E-state index is 13.8. The van der Waals surface area contributed by atoms with Gasteiger partial charge in [0.05, 0.1) is 14.2 Å². The summed E-state index contributed by atoms with van der Waals surface area (Å²) in [6.07, 6.45) is 1.77. The Kier molecular flexibility index (Phi) is 7.12. The lowest BCUT2D eigenvalue weighted by Crippen LogP contribution is -2.44. The van der Waals surface area contributed by atoms with Crippen molar-refractivity contribution < 1.29 is 23.0 Å². The molecule has 5 nitrogen and oxygen atoms in total. The van der Waals surface area contributed by atoms with Crippen LogP contribution in [0.2, 0.25) is 0 Å². The molecule has 0 saturated heterocycles. The van der Waals surface area contributed by atoms with Crippen LogP contribution in [0.3, 0.4) is 0 Å². The van der Waals surface area contributed by atoms with Crippen LogP contribution >= 0.6 is 0 Å². The van der Waals surface area contributed by atoms with E-state index in [0.717, 1.165) is 22.8 Å². The Morgan fingerprint density at radius 3 is 2.38 bits per heavy atom. The van der Waals surface area contributed by atoms with Gasteiger partial charge in [-0.1, -0.05) is 36.4 Å². The number of halogens is 2. The van der Waals surface area contributed by atoms with Crippen molar-refractivity contribution in [2.75, 3.05) is 20.8 Å². The quantitative estimate of drug-likeness (QED) is 0.521. The van der Waals surface area contributed by atoms with E-state index in [1.807, 2.05) is 42.5 Å². The highest BCUT2D eigenvalue weighted by Crippen LogP contribution is 2.43. The summed E-state index contributed by atoms with van der Waals surface area (Å²) < 4.78 is 38.3. The van der Waals surface area contributed by atoms with Gasteiger partial charge in [0.15, 0.2) is 23.1 Å². The average Bonchev–Trinajstić information content (AvgIpc) is 2.84. The first-order valence-corrected chi connectivity index (χ1v) is 11.2. The van der Waals surface area contributed by atoms with E-state index < -0.39 is 23.6 Å². The molecule has 0 fully saturated rings. The molecule has 178 valence electrons. The van der Waals surface area contributed by atoms with E-state index in [1.165, 1.54) is 6.07 Å². The second-order valence-corrected chi connectivity index (χ2v) is 8.41. The summed E-state index contributed by atoms with van der Waals surface area (Å²) in [7, 11) is 3.18. The minimum atomic E-state index is -0.872. The van der Waals surface area contributed by atoms with E-state index in [-0.39, 0.29) is 6.04 Å². The molecule has 2 N–H and O–H groups in total. The number of methoxy groups -OCH3 is 2. The fourth-order valence-electron chi connectivity index (χ4n) is 4.83. The lowest BCUT2D eigenvalue weighted by atomic mass is 9.86. The zero-order chi connectivity index (χ0) is 24.2. The van der Waals surface area contributed by atoms with Gasteiger partial charge in [-0.25, -0.2) is 8.78 Å². The third kappa shape index (κ3) is 4.75. The molecule has 7 heteroatoms. The molecule has 0 aromatic heterocycles. The first-order chi connectivity index (χ1) is 16.4. The molecule has 1 amide bonds. The predicted molar refractivity (Wildman–Crippen MR) is 126 cm³/mol. The van der Waals surface area contributed by atoms with Crippen LogP contribution in [0, 0.1) is 11.6 Å². The van der Waals surface area contributed by atoms with Gasteiger partial charge < -0.3 is 15.2 Å². The summed E-state index contributed by atoms with van der Waals surface area (Å²) in [5, 5.41) is 0. The number of nitrogens with zero attached hydrogens (tertiary/aromatic N) is 1. The second kappa shape index (κ2) is 10.2. The molecular formula is C27H28F2N2O3. The van der Waals surface area contributed by atoms with E-state index in [4.69, 9.17) is 15.2 Å². The molecule has 2 atom stereocenters. The first-order valence-electron chi connectivity index (χ1n) is 11.2. The molecule has 3 aromatic rings. The summed E-state index contributed by atoms with van der Waals surface area (Å²) in [5.41, 5.74) is 9.52. The second-order valence-electron chi connectivity index (χ2n) is 8.41. The standard InChI is InChI=1S/C27H28F2N2O3/c1-33-24-15-19-12-13-31(26(27(30)32)18-6-4-3-5-7-18)23(20(19)16-25(24)34-2)11-9-17-8-10-21(28)22(29)14-17/h3-8,10,14-16,23,26H,9,11-13H2,1-2H3,(H2,30,32)/t23-,26+/m0/s1. The van der Waals surface area contributed by atoms with E-state index in [1.54, 1.807) is 20.3 Å². The molecule has 1 aliphatic heterocycles. The van der Waals surface area contributed by atoms with Crippen molar-refractivity contribution in [1.29, 1.82) is 0 Å². The number of hydrogen-bond acceptors (Lipinski definition) is 4. The van der Waals surface area contributed by atoms with E-state index in [9.17, 15) is 13.6 Å². The lowest BCUT2D eigenvalue weighted by Gasteiger charge is -2.41. The number of nitrogens with two attached hydrogens (primary N) is 1. The highest BCUT2D eigenvalue weighted by atomic mass is 19.2. The highest BCUT2D eigenvalue weighted by molar-refractivity contribution is 5.81. The molecule has 1 heterocycles. The van der Waals surface area contributed by atoms with Crippen molar-refractivity contribution in [3.05, 3.63) is 94.6 Å². The van der Waals surface area contributed by atoms with Crippen LogP contribution < -0.4 is 15.2 Å². The van der Waals surface area contributed by atoms with Crippen molar-refractivity contribution >= 4 is 5.91 Å². The average molecular weight is 467 g/mol. The largest absolute Gasteiger partial charge is 0.493 e. The Morgan fingerprint density at radius 1 is 1.03 bits per heavy atom. The molecule has 3 aromatic carbocycles. The Bertz CT molecular complexity index is 1170. The Labute approximate surface area is 198 Å². The SMILES string of the molecule is COc1cc2c(cc1OC)[C@H](CCc1ccc(F)c(F)c1)N([C@@H](C(N)=O)c1ccccc1)CC2. The monoisotopic (exact) mass is 466 g/mol. The summed E-state index contributed by atoms with van der Waals surface area (Å²) in [6, 6.07) is 16.5. The number of primary amides is 1. The molecule has 0 aliphatic carbocycles. The van der Waals surface area contributed by atoms with Gasteiger partial charge in [0, 0.05) is 12.6 Å². The van der Waals surface area contributed by atoms with Crippen LogP contribution in [-0.2, 0) is 17.6 Å². The molecule has 34 heavy (non-hydrogen) atoms. The molecule has 0 spiro atoms. The molecule has 4 rings (SSSR count). The van der Waals surface area contributed by atoms with Crippen LogP contribution in [-0.4, -0.2) is 31.6 Å². The van der Waals surface area contributed by atoms with Gasteiger partial charge in [-0.2, -0.15) is 0 Å². The van der Waals surface area contributed by atoms with E-state index in [0.29, 0.717) is 42.9 Å². The number of benzene rings is 3. The Balaban J connectivity index is 1.75. The highest BCUT2D eigenvalue weighted by Gasteiger charge is 2.36. The molecule has 0 saturated carbocycles. The van der Waals surface area contributed by atoms with Crippen LogP contribution in [0.15, 0.2) is 60.7 Å². The summed E-state index contributed by atoms with van der Waals surface area (Å²) in [6.45, 7) is 0.605. The van der Waals surface area contributed by atoms with Crippen molar-refractivity contribution in [3.63, 3.8) is 0 Å². The number of aryl methyl sites for hydroxylation is 1. The van der Waals surface area contributed by atoms with Crippen LogP contribution in [0.25, 0.3) is 0 Å². The Hall–Kier alpha value is -3.45. The summed E-state index contributed by atoms with van der Waals surface area (Å²) in [4.78, 5) is 14.8. The molecule has 1 aliphatic rings. The van der Waals surface area contributed by atoms with Crippen LogP contribution in [0.5, 0.6) is 11.5 Å². The van der Waals surface area contributed by atoms with E-state index in [2.05, 4.69) is 4.90 Å². The third-order valence-electron chi connectivity index (χ3n) is 6.45. The van der Waals surface area contributed by atoms with Crippen LogP contribution in [0.4, 0.5) is 8.78 Å². The molecule has 0 radical (unpaired) electrons. The van der Waals surface area contributed by atoms with Crippen LogP contribution in [0.1, 0.15) is 40.8 Å². The number of rotatable bonds is 8. The fourth-order valence-corrected chi connectivity index (χ4v) is 4.83. The zero-order valence-corrected chi connectivity index (χ0v) is 19.3. The van der Waals surface area contributed by atoms with Gasteiger partial charge in [0.2, 0.25) is 5.91 Å². The minimum Gasteiger partial charge on any atom is -0.493 e. The maximum absolute atomic E-state index is 13.8. The molecule has 0 bridgehead atoms. The number of ether oxygens (including phenoxy) is 2. The van der Waals surface area contributed by atoms with Crippen molar-refractivity contribution in [2.45, 2.75) is 31.3 Å². The molecular weight excluding hydrogens is 438 g/mol. The topological polar surface area (TPSA) is 64.8 Å². The van der Waals surface area contributed by atoms with Crippen molar-refractivity contribution in [2.24, 2.45) is 5.73 Å². The lowest BCUT2D eigenvalue weighted by molar-refractivity contribution is -0.124. The normalized spacial score (nSPS) is 16.5. The van der Waals surface area contributed by atoms with Gasteiger partial charge >= 0.3 is 0 Å². The van der Waals surface area contributed by atoms with Gasteiger partial charge in [0.25, 0.3) is 0 Å².